The van der Waals surface area contributed by atoms with E-state index in [9.17, 15) is 0 Å². The van der Waals surface area contributed by atoms with Crippen LogP contribution in [-0.4, -0.2) is 39.9 Å². The molecule has 12 aromatic rings. The molecule has 0 saturated heterocycles. The highest BCUT2D eigenvalue weighted by Crippen LogP contribution is 2.27. The first kappa shape index (κ1) is 57.5. The number of hydrogen-bond acceptors (Lipinski definition) is 8. The van der Waals surface area contributed by atoms with Gasteiger partial charge in [0.2, 0.25) is 22.8 Å². The zero-order valence-electron chi connectivity index (χ0n) is 49.0. The molecule has 0 fully saturated rings. The zero-order valence-corrected chi connectivity index (χ0v) is 49.0. The molecule has 0 unspecified atom stereocenters. The van der Waals surface area contributed by atoms with Crippen molar-refractivity contribution in [3.8, 4) is 89.9 Å². The van der Waals surface area contributed by atoms with Gasteiger partial charge in [-0.05, 0) is 118 Å². The lowest BCUT2D eigenvalue weighted by molar-refractivity contribution is -0.660. The molecular weight excluding hydrogens is 1020 g/mol. The van der Waals surface area contributed by atoms with Gasteiger partial charge in [-0.15, -0.1) is 0 Å². The van der Waals surface area contributed by atoms with Gasteiger partial charge in [-0.3, -0.25) is 9.97 Å². The van der Waals surface area contributed by atoms with E-state index in [-0.39, 0.29) is 0 Å². The van der Waals surface area contributed by atoms with E-state index in [0.29, 0.717) is 0 Å². The molecule has 0 aliphatic heterocycles. The minimum absolute atomic E-state index is 0.790. The van der Waals surface area contributed by atoms with Crippen LogP contribution >= 0.6 is 0 Å². The van der Waals surface area contributed by atoms with Gasteiger partial charge in [0.15, 0.2) is 24.8 Å². The first-order valence-electron chi connectivity index (χ1n) is 27.7. The van der Waals surface area contributed by atoms with E-state index in [2.05, 4.69) is 291 Å². The lowest BCUT2D eigenvalue weighted by Gasteiger charge is -2.06. The quantitative estimate of drug-likeness (QED) is 0.131. The molecule has 12 heteroatoms. The fourth-order valence-electron chi connectivity index (χ4n) is 9.86. The number of benzene rings is 4. The fourth-order valence-corrected chi connectivity index (χ4v) is 9.86. The van der Waals surface area contributed by atoms with Crippen molar-refractivity contribution in [2.24, 2.45) is 28.2 Å². The number of rotatable bonds is 9. The molecule has 12 rings (SSSR count). The summed E-state index contributed by atoms with van der Waals surface area (Å²) in [4.78, 5) is 34.1. The van der Waals surface area contributed by atoms with Gasteiger partial charge in [0.25, 0.3) is 0 Å². The maximum Gasteiger partial charge on any atom is 0.212 e. The minimum Gasteiger partial charge on any atom is -0.261 e. The lowest BCUT2D eigenvalue weighted by atomic mass is 10.0. The first-order valence-corrected chi connectivity index (χ1v) is 27.7. The van der Waals surface area contributed by atoms with E-state index in [1.54, 1.807) is 31.1 Å². The van der Waals surface area contributed by atoms with Gasteiger partial charge in [0.1, 0.15) is 46.2 Å². The average molecular weight is 1090 g/mol. The second kappa shape index (κ2) is 27.3. The van der Waals surface area contributed by atoms with Crippen LogP contribution in [0.4, 0.5) is 0 Å². The molecule has 410 valence electrons. The summed E-state index contributed by atoms with van der Waals surface area (Å²) >= 11 is 0. The summed E-state index contributed by atoms with van der Waals surface area (Å²) in [5.41, 5.74) is 23.1. The second-order valence-corrected chi connectivity index (χ2v) is 20.3. The Bertz CT molecular complexity index is 4020. The van der Waals surface area contributed by atoms with Crippen LogP contribution in [0.1, 0.15) is 40.8 Å². The van der Waals surface area contributed by atoms with E-state index in [1.807, 2.05) is 37.6 Å². The third kappa shape index (κ3) is 14.4. The largest absolute Gasteiger partial charge is 0.261 e. The van der Waals surface area contributed by atoms with Gasteiger partial charge in [-0.1, -0.05) is 79.7 Å². The predicted molar refractivity (Wildman–Crippen MR) is 329 cm³/mol. The molecular formula is C71H70N12+4. The van der Waals surface area contributed by atoms with Crippen LogP contribution in [0.15, 0.2) is 232 Å². The first-order chi connectivity index (χ1) is 40.3. The topological polar surface area (TPSA) is 119 Å². The molecule has 4 aromatic carbocycles. The molecule has 8 heterocycles. The highest BCUT2D eigenvalue weighted by molar-refractivity contribution is 5.68. The Morgan fingerprint density at radius 1 is 0.325 bits per heavy atom. The van der Waals surface area contributed by atoms with E-state index in [0.717, 1.165) is 63.0 Å². The van der Waals surface area contributed by atoms with Crippen LogP contribution in [0, 0.1) is 34.6 Å². The monoisotopic (exact) mass is 1090 g/mol. The Kier molecular flexibility index (Phi) is 18.9. The highest BCUT2D eigenvalue weighted by atomic mass is 15.0. The van der Waals surface area contributed by atoms with Gasteiger partial charge < -0.3 is 0 Å². The molecule has 8 aromatic heterocycles. The standard InChI is InChI=1S/C19H20N3.C18H18N3.2C17H16N3/c1-4-19-20-12-11-17(21-19)15-9-10-18(22(3)13-15)16-8-6-5-7-14(16)2;1-13-6-4-5-7-16(13)18-9-8-15(12-21(18)3)17-10-11-19-14(2)20-17;1-13-5-3-4-6-16(13)17-8-7-14(11-20(17)2)15-9-18-12-19-10-15;1-13-5-3-4-6-15(13)17-8-7-14(12-20(17)2)16-11-18-9-10-19-16/h5-13H,4H2,1-3H3;4-12H,1-3H3;2*3-12H,1-2H3/q4*+1. The smallest absolute Gasteiger partial charge is 0.212 e. The third-order valence-corrected chi connectivity index (χ3v) is 14.4. The maximum atomic E-state index is 4.60. The van der Waals surface area contributed by atoms with Gasteiger partial charge in [0, 0.05) is 101 Å². The normalized spacial score (nSPS) is 10.6. The van der Waals surface area contributed by atoms with Crippen molar-refractivity contribution in [3.05, 3.63) is 266 Å². The average Bonchev–Trinajstić information content (AvgIpc) is 3.62. The van der Waals surface area contributed by atoms with Gasteiger partial charge >= 0.3 is 0 Å². The van der Waals surface area contributed by atoms with Crippen molar-refractivity contribution in [1.29, 1.82) is 0 Å². The third-order valence-electron chi connectivity index (χ3n) is 14.4. The van der Waals surface area contributed by atoms with Crippen molar-refractivity contribution < 1.29 is 18.3 Å². The summed E-state index contributed by atoms with van der Waals surface area (Å²) in [6.45, 7) is 12.5. The van der Waals surface area contributed by atoms with Crippen LogP contribution < -0.4 is 18.3 Å². The molecule has 0 spiro atoms. The molecule has 83 heavy (non-hydrogen) atoms. The number of pyridine rings is 4. The van der Waals surface area contributed by atoms with Crippen LogP contribution in [0.3, 0.4) is 0 Å². The molecule has 0 atom stereocenters. The summed E-state index contributed by atoms with van der Waals surface area (Å²) in [6.07, 6.45) is 23.3. The summed E-state index contributed by atoms with van der Waals surface area (Å²) in [7, 11) is 8.27. The van der Waals surface area contributed by atoms with Crippen molar-refractivity contribution in [3.63, 3.8) is 0 Å². The Hall–Kier alpha value is -10.2. The molecule has 0 aliphatic carbocycles. The Balaban J connectivity index is 0.000000133. The van der Waals surface area contributed by atoms with Crippen LogP contribution in [-0.2, 0) is 34.6 Å². The Labute approximate surface area is 488 Å². The van der Waals surface area contributed by atoms with E-state index in [4.69, 9.17) is 0 Å². The van der Waals surface area contributed by atoms with Crippen molar-refractivity contribution in [2.45, 2.75) is 48.0 Å². The molecule has 0 N–H and O–H groups in total. The van der Waals surface area contributed by atoms with Crippen LogP contribution in [0.5, 0.6) is 0 Å². The lowest BCUT2D eigenvalue weighted by Crippen LogP contribution is -2.30. The van der Waals surface area contributed by atoms with E-state index in [1.165, 1.54) is 67.3 Å². The molecule has 0 radical (unpaired) electrons. The van der Waals surface area contributed by atoms with E-state index >= 15 is 0 Å². The second-order valence-electron chi connectivity index (χ2n) is 20.3. The summed E-state index contributed by atoms with van der Waals surface area (Å²) in [5, 5.41) is 0. The Morgan fingerprint density at radius 3 is 1.10 bits per heavy atom. The molecule has 0 saturated carbocycles. The number of hydrogen-bond donors (Lipinski definition) is 0. The van der Waals surface area contributed by atoms with Crippen molar-refractivity contribution >= 4 is 0 Å². The van der Waals surface area contributed by atoms with E-state index < -0.39 is 0 Å². The van der Waals surface area contributed by atoms with Gasteiger partial charge in [-0.25, -0.2) is 48.2 Å². The zero-order chi connectivity index (χ0) is 58.2. The predicted octanol–water partition coefficient (Wildman–Crippen LogP) is 12.6. The van der Waals surface area contributed by atoms with Gasteiger partial charge in [0.05, 0.1) is 40.0 Å². The summed E-state index contributed by atoms with van der Waals surface area (Å²) in [6, 6.07) is 54.6. The van der Waals surface area contributed by atoms with Gasteiger partial charge in [-0.2, -0.15) is 0 Å². The Morgan fingerprint density at radius 2 is 0.711 bits per heavy atom. The number of nitrogens with zero attached hydrogens (tertiary/aromatic N) is 12. The fraction of sp³-hybridized carbons (Fsp3) is 0.155. The summed E-state index contributed by atoms with van der Waals surface area (Å²) in [5.74, 6) is 1.67. The van der Waals surface area contributed by atoms with Crippen molar-refractivity contribution in [1.82, 2.24) is 39.9 Å². The van der Waals surface area contributed by atoms with Crippen LogP contribution in [0.2, 0.25) is 0 Å². The molecule has 12 nitrogen and oxygen atoms in total. The minimum atomic E-state index is 0.790. The molecule has 0 amide bonds. The SMILES string of the molecule is CCc1nccc(-c2ccc(-c3ccccc3C)[n+](C)c2)n1.Cc1ccccc1-c1ccc(-c2cnccn2)c[n+]1C.Cc1ccccc1-c1ccc(-c2cncnc2)c[n+]1C.Cc1nccc(-c2ccc(-c3ccccc3C)[n+](C)c2)n1. The highest BCUT2D eigenvalue weighted by Gasteiger charge is 2.18. The number of aryl methyl sites for hydroxylation is 10. The maximum absolute atomic E-state index is 4.60. The number of aromatic nitrogens is 12. The molecule has 0 bridgehead atoms. The van der Waals surface area contributed by atoms with Crippen molar-refractivity contribution in [2.75, 3.05) is 0 Å². The molecule has 0 aliphatic rings. The van der Waals surface area contributed by atoms with Crippen LogP contribution in [0.25, 0.3) is 89.9 Å². The summed E-state index contributed by atoms with van der Waals surface area (Å²) < 4.78 is 8.58.